The van der Waals surface area contributed by atoms with Crippen LogP contribution in [0, 0.1) is 5.82 Å². The SMILES string of the molecule is C[C@H](C(=O)Nc1ccccc1F)N1CCN(Cc2ccco2)CC1. The molecule has 0 aliphatic carbocycles. The number of halogens is 1. The van der Waals surface area contributed by atoms with Gasteiger partial charge in [0.15, 0.2) is 0 Å². The van der Waals surface area contributed by atoms with Crippen molar-refractivity contribution < 1.29 is 13.6 Å². The average molecular weight is 331 g/mol. The summed E-state index contributed by atoms with van der Waals surface area (Å²) in [6, 6.07) is 9.78. The van der Waals surface area contributed by atoms with Crippen LogP contribution in [0.5, 0.6) is 0 Å². The molecule has 1 amide bonds. The van der Waals surface area contributed by atoms with Gasteiger partial charge in [-0.1, -0.05) is 12.1 Å². The lowest BCUT2D eigenvalue weighted by Gasteiger charge is -2.37. The van der Waals surface area contributed by atoms with Crippen molar-refractivity contribution in [1.29, 1.82) is 0 Å². The molecular weight excluding hydrogens is 309 g/mol. The Balaban J connectivity index is 1.50. The van der Waals surface area contributed by atoms with Gasteiger partial charge >= 0.3 is 0 Å². The number of nitrogens with one attached hydrogen (secondary N) is 1. The molecule has 0 radical (unpaired) electrons. The van der Waals surface area contributed by atoms with E-state index < -0.39 is 5.82 Å². The van der Waals surface area contributed by atoms with E-state index in [-0.39, 0.29) is 17.6 Å². The second kappa shape index (κ2) is 7.59. The third-order valence-electron chi connectivity index (χ3n) is 4.43. The molecule has 2 heterocycles. The second-order valence-corrected chi connectivity index (χ2v) is 6.04. The first-order valence-corrected chi connectivity index (χ1v) is 8.17. The summed E-state index contributed by atoms with van der Waals surface area (Å²) in [4.78, 5) is 16.8. The Hall–Kier alpha value is -2.18. The zero-order valence-corrected chi connectivity index (χ0v) is 13.7. The molecule has 1 atom stereocenters. The van der Waals surface area contributed by atoms with Gasteiger partial charge in [0.1, 0.15) is 11.6 Å². The van der Waals surface area contributed by atoms with Gasteiger partial charge in [0.25, 0.3) is 0 Å². The maximum Gasteiger partial charge on any atom is 0.241 e. The summed E-state index contributed by atoms with van der Waals surface area (Å²) in [5.41, 5.74) is 0.228. The number of amides is 1. The molecule has 2 aromatic rings. The van der Waals surface area contributed by atoms with Crippen molar-refractivity contribution in [2.45, 2.75) is 19.5 Å². The van der Waals surface area contributed by atoms with Gasteiger partial charge in [0.2, 0.25) is 5.91 Å². The summed E-state index contributed by atoms with van der Waals surface area (Å²) in [5, 5.41) is 2.67. The molecule has 1 N–H and O–H groups in total. The Labute approximate surface area is 141 Å². The van der Waals surface area contributed by atoms with Gasteiger partial charge in [-0.3, -0.25) is 14.6 Å². The summed E-state index contributed by atoms with van der Waals surface area (Å²) in [6.45, 7) is 5.99. The fourth-order valence-electron chi connectivity index (χ4n) is 2.90. The van der Waals surface area contributed by atoms with Crippen molar-refractivity contribution in [3.63, 3.8) is 0 Å². The topological polar surface area (TPSA) is 48.7 Å². The zero-order valence-electron chi connectivity index (χ0n) is 13.7. The number of carbonyl (C=O) groups excluding carboxylic acids is 1. The van der Waals surface area contributed by atoms with E-state index in [2.05, 4.69) is 15.1 Å². The Morgan fingerprint density at radius 3 is 2.62 bits per heavy atom. The summed E-state index contributed by atoms with van der Waals surface area (Å²) in [7, 11) is 0. The van der Waals surface area contributed by atoms with Gasteiger partial charge < -0.3 is 9.73 Å². The maximum atomic E-state index is 13.6. The van der Waals surface area contributed by atoms with Crippen LogP contribution in [0.1, 0.15) is 12.7 Å². The van der Waals surface area contributed by atoms with Crippen molar-refractivity contribution in [2.24, 2.45) is 0 Å². The van der Waals surface area contributed by atoms with Crippen LogP contribution >= 0.6 is 0 Å². The van der Waals surface area contributed by atoms with E-state index in [9.17, 15) is 9.18 Å². The summed E-state index contributed by atoms with van der Waals surface area (Å²) in [6.07, 6.45) is 1.68. The predicted molar refractivity (Wildman–Crippen MR) is 90.0 cm³/mol. The van der Waals surface area contributed by atoms with Gasteiger partial charge in [-0.15, -0.1) is 0 Å². The lowest BCUT2D eigenvalue weighted by atomic mass is 10.2. The van der Waals surface area contributed by atoms with Crippen LogP contribution in [0.4, 0.5) is 10.1 Å². The number of para-hydroxylation sites is 1. The number of piperazine rings is 1. The Morgan fingerprint density at radius 2 is 1.96 bits per heavy atom. The van der Waals surface area contributed by atoms with E-state index in [0.29, 0.717) is 0 Å². The van der Waals surface area contributed by atoms with Crippen molar-refractivity contribution in [1.82, 2.24) is 9.80 Å². The second-order valence-electron chi connectivity index (χ2n) is 6.04. The molecule has 5 nitrogen and oxygen atoms in total. The summed E-state index contributed by atoms with van der Waals surface area (Å²) >= 11 is 0. The third kappa shape index (κ3) is 4.01. The third-order valence-corrected chi connectivity index (χ3v) is 4.43. The van der Waals surface area contributed by atoms with Gasteiger partial charge in [-0.25, -0.2) is 4.39 Å². The first kappa shape index (κ1) is 16.7. The molecule has 6 heteroatoms. The normalized spacial score (nSPS) is 17.6. The quantitative estimate of drug-likeness (QED) is 0.915. The van der Waals surface area contributed by atoms with E-state index in [4.69, 9.17) is 4.42 Å². The van der Waals surface area contributed by atoms with Crippen LogP contribution < -0.4 is 5.32 Å². The van der Waals surface area contributed by atoms with Crippen molar-refractivity contribution >= 4 is 11.6 Å². The van der Waals surface area contributed by atoms with Crippen molar-refractivity contribution in [3.05, 3.63) is 54.2 Å². The average Bonchev–Trinajstić information content (AvgIpc) is 3.10. The number of anilines is 1. The Morgan fingerprint density at radius 1 is 1.21 bits per heavy atom. The van der Waals surface area contributed by atoms with Crippen molar-refractivity contribution in [2.75, 3.05) is 31.5 Å². The molecule has 0 bridgehead atoms. The van der Waals surface area contributed by atoms with Crippen LogP contribution in [0.15, 0.2) is 47.1 Å². The number of hydrogen-bond acceptors (Lipinski definition) is 4. The molecule has 1 saturated heterocycles. The lowest BCUT2D eigenvalue weighted by molar-refractivity contribution is -0.121. The van der Waals surface area contributed by atoms with E-state index in [1.54, 1.807) is 24.5 Å². The zero-order chi connectivity index (χ0) is 16.9. The van der Waals surface area contributed by atoms with E-state index in [1.807, 2.05) is 19.1 Å². The molecular formula is C18H22FN3O2. The molecule has 0 saturated carbocycles. The highest BCUT2D eigenvalue weighted by Crippen LogP contribution is 2.15. The highest BCUT2D eigenvalue weighted by atomic mass is 19.1. The maximum absolute atomic E-state index is 13.6. The fourth-order valence-corrected chi connectivity index (χ4v) is 2.90. The number of rotatable bonds is 5. The molecule has 1 aromatic carbocycles. The standard InChI is InChI=1S/C18H22FN3O2/c1-14(18(23)20-17-7-3-2-6-16(17)19)22-10-8-21(9-11-22)13-15-5-4-12-24-15/h2-7,12,14H,8-11,13H2,1H3,(H,20,23)/t14-/m1/s1. The van der Waals surface area contributed by atoms with Gasteiger partial charge in [-0.2, -0.15) is 0 Å². The molecule has 128 valence electrons. The van der Waals surface area contributed by atoms with E-state index >= 15 is 0 Å². The number of hydrogen-bond donors (Lipinski definition) is 1. The minimum absolute atomic E-state index is 0.181. The van der Waals surface area contributed by atoms with Crippen LogP contribution in [0.25, 0.3) is 0 Å². The molecule has 1 fully saturated rings. The summed E-state index contributed by atoms with van der Waals surface area (Å²) in [5.74, 6) is 0.356. The van der Waals surface area contributed by atoms with Gasteiger partial charge in [0.05, 0.1) is 24.5 Å². The molecule has 1 aliphatic rings. The number of nitrogens with zero attached hydrogens (tertiary/aromatic N) is 2. The molecule has 1 aliphatic heterocycles. The largest absolute Gasteiger partial charge is 0.468 e. The molecule has 0 unspecified atom stereocenters. The first-order valence-electron chi connectivity index (χ1n) is 8.17. The Bertz CT molecular complexity index is 667. The van der Waals surface area contributed by atoms with Crippen LogP contribution in [-0.4, -0.2) is 47.9 Å². The highest BCUT2D eigenvalue weighted by Gasteiger charge is 2.26. The fraction of sp³-hybridized carbons (Fsp3) is 0.389. The lowest BCUT2D eigenvalue weighted by Crippen LogP contribution is -2.52. The summed E-state index contributed by atoms with van der Waals surface area (Å²) < 4.78 is 19.0. The van der Waals surface area contributed by atoms with Gasteiger partial charge in [-0.05, 0) is 31.2 Å². The number of carbonyl (C=O) groups is 1. The molecule has 3 rings (SSSR count). The monoisotopic (exact) mass is 331 g/mol. The van der Waals surface area contributed by atoms with E-state index in [0.717, 1.165) is 38.5 Å². The van der Waals surface area contributed by atoms with Crippen molar-refractivity contribution in [3.8, 4) is 0 Å². The predicted octanol–water partition coefficient (Wildman–Crippen LogP) is 2.56. The smallest absolute Gasteiger partial charge is 0.241 e. The minimum Gasteiger partial charge on any atom is -0.468 e. The molecule has 0 spiro atoms. The Kier molecular flexibility index (Phi) is 5.27. The van der Waals surface area contributed by atoms with E-state index in [1.165, 1.54) is 6.07 Å². The first-order chi connectivity index (χ1) is 11.6. The number of benzene rings is 1. The molecule has 24 heavy (non-hydrogen) atoms. The van der Waals surface area contributed by atoms with Crippen LogP contribution in [0.3, 0.4) is 0 Å². The van der Waals surface area contributed by atoms with Gasteiger partial charge in [0, 0.05) is 26.2 Å². The van der Waals surface area contributed by atoms with Crippen LogP contribution in [-0.2, 0) is 11.3 Å². The molecule has 1 aromatic heterocycles. The highest BCUT2D eigenvalue weighted by molar-refractivity contribution is 5.94. The number of furan rings is 1. The van der Waals surface area contributed by atoms with Crippen LogP contribution in [0.2, 0.25) is 0 Å². The minimum atomic E-state index is -0.415.